The molecular weight excluding hydrogens is 723 g/mol. The highest BCUT2D eigenvalue weighted by Crippen LogP contribution is 2.53. The number of para-hydroxylation sites is 1. The molecule has 9 aromatic rings. The molecule has 0 amide bonds. The standard InChI is InChI=1S/C59H47N/c1-39(53-36-46-27-26-44(40-16-7-4-8-17-40)34-54(46)55-35-45(29-31-50(53)55)41-18-9-5-10-19-41)43-28-32-51-52-33-30-48(38-57(52)59(2,3)56(51)37-43)60(47-22-11-6-12-23-47)58-25-15-21-42-20-13-14-24-49(42)58/h4-35,37-39,53H,36H2,1-3H3. The predicted octanol–water partition coefficient (Wildman–Crippen LogP) is 16.1. The first-order valence-electron chi connectivity index (χ1n) is 21.4. The van der Waals surface area contributed by atoms with Gasteiger partial charge in [-0.1, -0.05) is 185 Å². The van der Waals surface area contributed by atoms with E-state index in [-0.39, 0.29) is 5.41 Å². The molecule has 0 bridgehead atoms. The van der Waals surface area contributed by atoms with Crippen LogP contribution in [0.4, 0.5) is 17.1 Å². The fourth-order valence-electron chi connectivity index (χ4n) is 10.3. The van der Waals surface area contributed by atoms with Gasteiger partial charge in [-0.3, -0.25) is 0 Å². The highest BCUT2D eigenvalue weighted by Gasteiger charge is 2.38. The van der Waals surface area contributed by atoms with Gasteiger partial charge < -0.3 is 4.90 Å². The van der Waals surface area contributed by atoms with E-state index in [4.69, 9.17) is 0 Å². The molecule has 2 unspecified atom stereocenters. The second kappa shape index (κ2) is 14.4. The lowest BCUT2D eigenvalue weighted by molar-refractivity contribution is 0.565. The lowest BCUT2D eigenvalue weighted by atomic mass is 9.70. The molecule has 0 saturated heterocycles. The van der Waals surface area contributed by atoms with Crippen LogP contribution in [-0.4, -0.2) is 0 Å². The molecule has 2 atom stereocenters. The zero-order chi connectivity index (χ0) is 40.4. The van der Waals surface area contributed by atoms with Crippen LogP contribution in [0.3, 0.4) is 0 Å². The summed E-state index contributed by atoms with van der Waals surface area (Å²) in [6.45, 7) is 7.30. The van der Waals surface area contributed by atoms with Crippen molar-refractivity contribution in [2.45, 2.75) is 44.4 Å². The first-order valence-corrected chi connectivity index (χ1v) is 21.4. The SMILES string of the molecule is CC(c1ccc2c(c1)C(C)(C)c1cc(N(c3ccccc3)c3cccc4ccccc34)ccc1-2)C1Cc2ccc(-c3ccccc3)cc2-c2cc(-c3ccccc3)ccc21. The second-order valence-corrected chi connectivity index (χ2v) is 17.3. The number of nitrogens with zero attached hydrogens (tertiary/aromatic N) is 1. The summed E-state index contributed by atoms with van der Waals surface area (Å²) in [5, 5.41) is 2.48. The monoisotopic (exact) mass is 769 g/mol. The van der Waals surface area contributed by atoms with E-state index in [1.165, 1.54) is 94.5 Å². The zero-order valence-corrected chi connectivity index (χ0v) is 34.4. The number of fused-ring (bicyclic) bond motifs is 7. The zero-order valence-electron chi connectivity index (χ0n) is 34.4. The first kappa shape index (κ1) is 36.1. The molecule has 0 saturated carbocycles. The van der Waals surface area contributed by atoms with E-state index in [1.807, 2.05) is 0 Å². The minimum atomic E-state index is -0.174. The van der Waals surface area contributed by atoms with Crippen LogP contribution in [0.5, 0.6) is 0 Å². The van der Waals surface area contributed by atoms with Crippen molar-refractivity contribution < 1.29 is 0 Å². The van der Waals surface area contributed by atoms with Crippen LogP contribution in [0.15, 0.2) is 206 Å². The van der Waals surface area contributed by atoms with Gasteiger partial charge in [0.25, 0.3) is 0 Å². The Morgan fingerprint density at radius 3 is 1.80 bits per heavy atom. The lowest BCUT2D eigenvalue weighted by Gasteiger charge is -2.34. The van der Waals surface area contributed by atoms with Crippen LogP contribution < -0.4 is 4.90 Å². The van der Waals surface area contributed by atoms with Gasteiger partial charge in [-0.15, -0.1) is 0 Å². The predicted molar refractivity (Wildman–Crippen MR) is 254 cm³/mol. The van der Waals surface area contributed by atoms with Gasteiger partial charge in [0.05, 0.1) is 5.69 Å². The summed E-state index contributed by atoms with van der Waals surface area (Å²) >= 11 is 0. The summed E-state index contributed by atoms with van der Waals surface area (Å²) < 4.78 is 0. The largest absolute Gasteiger partial charge is 0.310 e. The van der Waals surface area contributed by atoms with E-state index in [0.29, 0.717) is 11.8 Å². The van der Waals surface area contributed by atoms with Crippen LogP contribution in [-0.2, 0) is 11.8 Å². The van der Waals surface area contributed by atoms with Crippen molar-refractivity contribution in [1.29, 1.82) is 0 Å². The Bertz CT molecular complexity index is 3050. The fourth-order valence-corrected chi connectivity index (χ4v) is 10.3. The number of hydrogen-bond donors (Lipinski definition) is 0. The Kier molecular flexibility index (Phi) is 8.67. The molecular formula is C59H47N. The maximum absolute atomic E-state index is 2.55. The molecule has 1 nitrogen and oxygen atoms in total. The van der Waals surface area contributed by atoms with E-state index < -0.39 is 0 Å². The van der Waals surface area contributed by atoms with E-state index in [2.05, 4.69) is 232 Å². The summed E-state index contributed by atoms with van der Waals surface area (Å²) in [6, 6.07) is 76.7. The van der Waals surface area contributed by atoms with Gasteiger partial charge in [0.1, 0.15) is 0 Å². The molecule has 2 aliphatic rings. The summed E-state index contributed by atoms with van der Waals surface area (Å²) in [5.74, 6) is 0.658. The van der Waals surface area contributed by atoms with Gasteiger partial charge in [-0.25, -0.2) is 0 Å². The average molecular weight is 770 g/mol. The Hall–Kier alpha value is -6.96. The van der Waals surface area contributed by atoms with Crippen LogP contribution >= 0.6 is 0 Å². The summed E-state index contributed by atoms with van der Waals surface area (Å²) in [4.78, 5) is 2.43. The highest BCUT2D eigenvalue weighted by molar-refractivity contribution is 5.99. The van der Waals surface area contributed by atoms with Gasteiger partial charge >= 0.3 is 0 Å². The van der Waals surface area contributed by atoms with E-state index >= 15 is 0 Å². The Morgan fingerprint density at radius 1 is 0.467 bits per heavy atom. The van der Waals surface area contributed by atoms with Crippen LogP contribution in [0.1, 0.15) is 60.4 Å². The number of hydrogen-bond acceptors (Lipinski definition) is 1. The topological polar surface area (TPSA) is 3.24 Å². The molecule has 0 aromatic heterocycles. The van der Waals surface area contributed by atoms with Crippen molar-refractivity contribution in [3.8, 4) is 44.5 Å². The summed E-state index contributed by atoms with van der Waals surface area (Å²) in [5.41, 5.74) is 20.9. The Balaban J connectivity index is 0.975. The normalized spacial score (nSPS) is 15.1. The molecule has 2 aliphatic carbocycles. The summed E-state index contributed by atoms with van der Waals surface area (Å²) in [6.07, 6.45) is 1.01. The van der Waals surface area contributed by atoms with Crippen molar-refractivity contribution in [3.05, 3.63) is 234 Å². The molecule has 1 heteroatoms. The molecule has 0 heterocycles. The van der Waals surface area contributed by atoms with E-state index in [1.54, 1.807) is 0 Å². The quantitative estimate of drug-likeness (QED) is 0.156. The minimum absolute atomic E-state index is 0.174. The molecule has 288 valence electrons. The number of benzene rings is 9. The Morgan fingerprint density at radius 2 is 1.07 bits per heavy atom. The summed E-state index contributed by atoms with van der Waals surface area (Å²) in [7, 11) is 0. The van der Waals surface area contributed by atoms with Crippen molar-refractivity contribution in [2.24, 2.45) is 0 Å². The Labute approximate surface area is 354 Å². The molecule has 9 aromatic carbocycles. The molecule has 0 N–H and O–H groups in total. The second-order valence-electron chi connectivity index (χ2n) is 17.3. The van der Waals surface area contributed by atoms with Crippen molar-refractivity contribution in [3.63, 3.8) is 0 Å². The van der Waals surface area contributed by atoms with Gasteiger partial charge in [-0.2, -0.15) is 0 Å². The smallest absolute Gasteiger partial charge is 0.0540 e. The minimum Gasteiger partial charge on any atom is -0.310 e. The van der Waals surface area contributed by atoms with Crippen molar-refractivity contribution in [1.82, 2.24) is 0 Å². The number of rotatable bonds is 7. The lowest BCUT2D eigenvalue weighted by Crippen LogP contribution is -2.19. The first-order chi connectivity index (χ1) is 29.4. The molecule has 0 aliphatic heterocycles. The van der Waals surface area contributed by atoms with Gasteiger partial charge in [0, 0.05) is 22.2 Å². The third-order valence-corrected chi connectivity index (χ3v) is 13.6. The fraction of sp³-hybridized carbons (Fsp3) is 0.119. The molecule has 0 fully saturated rings. The number of anilines is 3. The molecule has 0 spiro atoms. The van der Waals surface area contributed by atoms with Crippen LogP contribution in [0.2, 0.25) is 0 Å². The van der Waals surface area contributed by atoms with Crippen molar-refractivity contribution >= 4 is 27.8 Å². The van der Waals surface area contributed by atoms with E-state index in [9.17, 15) is 0 Å². The van der Waals surface area contributed by atoms with Gasteiger partial charge in [0.15, 0.2) is 0 Å². The molecule has 0 radical (unpaired) electrons. The van der Waals surface area contributed by atoms with Gasteiger partial charge in [0.2, 0.25) is 0 Å². The van der Waals surface area contributed by atoms with Crippen molar-refractivity contribution in [2.75, 3.05) is 4.90 Å². The average Bonchev–Trinajstić information content (AvgIpc) is 3.53. The molecule has 60 heavy (non-hydrogen) atoms. The third kappa shape index (κ3) is 5.99. The highest BCUT2D eigenvalue weighted by atomic mass is 15.1. The maximum atomic E-state index is 2.55. The van der Waals surface area contributed by atoms with Gasteiger partial charge in [-0.05, 0) is 138 Å². The van der Waals surface area contributed by atoms with Crippen LogP contribution in [0, 0.1) is 0 Å². The maximum Gasteiger partial charge on any atom is 0.0540 e. The van der Waals surface area contributed by atoms with E-state index in [0.717, 1.165) is 12.1 Å². The van der Waals surface area contributed by atoms with Crippen LogP contribution in [0.25, 0.3) is 55.3 Å². The third-order valence-electron chi connectivity index (χ3n) is 13.6. The molecule has 11 rings (SSSR count).